The van der Waals surface area contributed by atoms with Gasteiger partial charge in [0, 0.05) is 24.8 Å². The molecule has 0 saturated carbocycles. The monoisotopic (exact) mass is 322 g/mol. The van der Waals surface area contributed by atoms with Crippen LogP contribution in [0.3, 0.4) is 0 Å². The van der Waals surface area contributed by atoms with Gasteiger partial charge in [-0.1, -0.05) is 30.3 Å². The summed E-state index contributed by atoms with van der Waals surface area (Å²) in [6.45, 7) is 3.24. The average Bonchev–Trinajstić information content (AvgIpc) is 2.96. The Morgan fingerprint density at radius 1 is 1.25 bits per heavy atom. The van der Waals surface area contributed by atoms with Crippen LogP contribution in [0.1, 0.15) is 23.7 Å². The topological polar surface area (TPSA) is 75.4 Å². The Labute approximate surface area is 139 Å². The molecule has 7 nitrogen and oxygen atoms in total. The van der Waals surface area contributed by atoms with E-state index in [1.54, 1.807) is 4.52 Å². The zero-order chi connectivity index (χ0) is 16.5. The fourth-order valence-electron chi connectivity index (χ4n) is 3.19. The van der Waals surface area contributed by atoms with Gasteiger partial charge in [0.05, 0.1) is 12.5 Å². The van der Waals surface area contributed by atoms with Crippen LogP contribution in [0.4, 0.5) is 5.82 Å². The summed E-state index contributed by atoms with van der Waals surface area (Å²) < 4.78 is 1.73. The van der Waals surface area contributed by atoms with Gasteiger partial charge in [-0.15, -0.1) is 0 Å². The molecule has 7 heteroatoms. The van der Waals surface area contributed by atoms with Crippen molar-refractivity contribution in [3.8, 4) is 0 Å². The number of fused-ring (bicyclic) bond motifs is 1. The van der Waals surface area contributed by atoms with Crippen LogP contribution in [0.5, 0.6) is 0 Å². The number of anilines is 1. The van der Waals surface area contributed by atoms with E-state index >= 15 is 0 Å². The van der Waals surface area contributed by atoms with E-state index in [1.807, 2.05) is 31.2 Å². The number of amides is 1. The Morgan fingerprint density at radius 2 is 2.08 bits per heavy atom. The van der Waals surface area contributed by atoms with Gasteiger partial charge < -0.3 is 10.2 Å². The second kappa shape index (κ2) is 5.92. The van der Waals surface area contributed by atoms with Crippen molar-refractivity contribution in [3.63, 3.8) is 0 Å². The van der Waals surface area contributed by atoms with Crippen molar-refractivity contribution >= 4 is 17.5 Å². The van der Waals surface area contributed by atoms with E-state index in [-0.39, 0.29) is 11.9 Å². The molecule has 0 bridgehead atoms. The molecule has 1 unspecified atom stereocenters. The van der Waals surface area contributed by atoms with Gasteiger partial charge >= 0.3 is 0 Å². The summed E-state index contributed by atoms with van der Waals surface area (Å²) in [4.78, 5) is 23.0. The maximum absolute atomic E-state index is 12.1. The van der Waals surface area contributed by atoms with Crippen molar-refractivity contribution in [3.05, 3.63) is 54.0 Å². The van der Waals surface area contributed by atoms with Crippen LogP contribution in [0, 0.1) is 6.92 Å². The molecule has 0 aliphatic carbocycles. The lowest BCUT2D eigenvalue weighted by atomic mass is 10.0. The van der Waals surface area contributed by atoms with Crippen LogP contribution >= 0.6 is 0 Å². The van der Waals surface area contributed by atoms with Crippen LogP contribution in [-0.2, 0) is 4.79 Å². The zero-order valence-corrected chi connectivity index (χ0v) is 13.4. The molecular weight excluding hydrogens is 304 g/mol. The summed E-state index contributed by atoms with van der Waals surface area (Å²) in [5, 5.41) is 7.27. The summed E-state index contributed by atoms with van der Waals surface area (Å²) >= 11 is 0. The van der Waals surface area contributed by atoms with E-state index in [9.17, 15) is 4.79 Å². The molecule has 122 valence electrons. The molecule has 1 N–H and O–H groups in total. The summed E-state index contributed by atoms with van der Waals surface area (Å²) in [7, 11) is 0. The first-order valence-corrected chi connectivity index (χ1v) is 7.98. The van der Waals surface area contributed by atoms with Crippen LogP contribution in [0.2, 0.25) is 0 Å². The minimum atomic E-state index is -0.0529. The molecule has 0 spiro atoms. The molecule has 1 aromatic carbocycles. The Hall–Kier alpha value is -2.96. The van der Waals surface area contributed by atoms with Gasteiger partial charge in [0.15, 0.2) is 0 Å². The molecule has 24 heavy (non-hydrogen) atoms. The number of rotatable bonds is 2. The maximum Gasteiger partial charge on any atom is 0.254 e. The fourth-order valence-corrected chi connectivity index (χ4v) is 3.19. The standard InChI is InChI=1S/C17H18N6O/c1-12-9-16(23-17(21-12)19-11-20-23)22-8-7-18-15(24)10-14(22)13-5-3-2-4-6-13/h2-6,9,11,14H,7-8,10H2,1H3,(H,18,24). The molecule has 1 fully saturated rings. The van der Waals surface area contributed by atoms with Gasteiger partial charge in [-0.3, -0.25) is 4.79 Å². The van der Waals surface area contributed by atoms with E-state index in [0.717, 1.165) is 17.1 Å². The van der Waals surface area contributed by atoms with E-state index < -0.39 is 0 Å². The molecule has 1 aliphatic heterocycles. The van der Waals surface area contributed by atoms with Crippen molar-refractivity contribution in [2.24, 2.45) is 0 Å². The van der Waals surface area contributed by atoms with E-state index in [0.29, 0.717) is 25.3 Å². The van der Waals surface area contributed by atoms with Gasteiger partial charge in [0.1, 0.15) is 12.1 Å². The fraction of sp³-hybridized carbons (Fsp3) is 0.294. The van der Waals surface area contributed by atoms with E-state index in [2.05, 4.69) is 37.4 Å². The van der Waals surface area contributed by atoms with Crippen molar-refractivity contribution < 1.29 is 4.79 Å². The lowest BCUT2D eigenvalue weighted by molar-refractivity contribution is -0.121. The predicted molar refractivity (Wildman–Crippen MR) is 89.7 cm³/mol. The van der Waals surface area contributed by atoms with Crippen molar-refractivity contribution in [1.29, 1.82) is 0 Å². The van der Waals surface area contributed by atoms with E-state index in [4.69, 9.17) is 0 Å². The zero-order valence-electron chi connectivity index (χ0n) is 13.4. The van der Waals surface area contributed by atoms with Gasteiger partial charge in [-0.2, -0.15) is 14.6 Å². The molecule has 4 rings (SSSR count). The lowest BCUT2D eigenvalue weighted by Gasteiger charge is -2.31. The molecule has 0 radical (unpaired) electrons. The highest BCUT2D eigenvalue weighted by Gasteiger charge is 2.28. The maximum atomic E-state index is 12.1. The molecule has 1 amide bonds. The number of nitrogens with zero attached hydrogens (tertiary/aromatic N) is 5. The third kappa shape index (κ3) is 2.58. The first-order chi connectivity index (χ1) is 11.7. The lowest BCUT2D eigenvalue weighted by Crippen LogP contribution is -2.32. The third-order valence-corrected chi connectivity index (χ3v) is 4.27. The minimum Gasteiger partial charge on any atom is -0.354 e. The molecule has 3 heterocycles. The number of hydrogen-bond acceptors (Lipinski definition) is 5. The summed E-state index contributed by atoms with van der Waals surface area (Å²) in [5.74, 6) is 1.53. The normalized spacial score (nSPS) is 18.5. The van der Waals surface area contributed by atoms with Crippen molar-refractivity contribution in [1.82, 2.24) is 24.9 Å². The first-order valence-electron chi connectivity index (χ1n) is 7.98. The highest BCUT2D eigenvalue weighted by atomic mass is 16.1. The van der Waals surface area contributed by atoms with E-state index in [1.165, 1.54) is 6.33 Å². The van der Waals surface area contributed by atoms with Crippen molar-refractivity contribution in [2.75, 3.05) is 18.0 Å². The Bertz CT molecular complexity index is 875. The second-order valence-corrected chi connectivity index (χ2v) is 5.90. The van der Waals surface area contributed by atoms with Crippen LogP contribution < -0.4 is 10.2 Å². The molecule has 1 saturated heterocycles. The Morgan fingerprint density at radius 3 is 2.92 bits per heavy atom. The van der Waals surface area contributed by atoms with Crippen LogP contribution in [0.25, 0.3) is 5.78 Å². The van der Waals surface area contributed by atoms with Gasteiger partial charge in [-0.25, -0.2) is 4.98 Å². The molecule has 1 atom stereocenters. The minimum absolute atomic E-state index is 0.0529. The smallest absolute Gasteiger partial charge is 0.254 e. The second-order valence-electron chi connectivity index (χ2n) is 5.90. The van der Waals surface area contributed by atoms with Gasteiger partial charge in [0.25, 0.3) is 5.78 Å². The molecular formula is C17H18N6O. The van der Waals surface area contributed by atoms with Crippen LogP contribution in [0.15, 0.2) is 42.7 Å². The van der Waals surface area contributed by atoms with Gasteiger partial charge in [0.2, 0.25) is 5.91 Å². The highest BCUT2D eigenvalue weighted by Crippen LogP contribution is 2.30. The molecule has 3 aromatic rings. The number of hydrogen-bond donors (Lipinski definition) is 1. The van der Waals surface area contributed by atoms with Gasteiger partial charge in [-0.05, 0) is 12.5 Å². The number of carbonyl (C=O) groups is 1. The van der Waals surface area contributed by atoms with Crippen molar-refractivity contribution in [2.45, 2.75) is 19.4 Å². The average molecular weight is 322 g/mol. The summed E-state index contributed by atoms with van der Waals surface area (Å²) in [5.41, 5.74) is 1.98. The number of nitrogens with one attached hydrogen (secondary N) is 1. The SMILES string of the molecule is Cc1cc(N2CCNC(=O)CC2c2ccccc2)n2ncnc2n1. The highest BCUT2D eigenvalue weighted by molar-refractivity contribution is 5.78. The third-order valence-electron chi connectivity index (χ3n) is 4.27. The predicted octanol–water partition coefficient (Wildman–Crippen LogP) is 1.50. The number of aryl methyl sites for hydroxylation is 1. The molecule has 2 aromatic heterocycles. The Kier molecular flexibility index (Phi) is 3.60. The molecule has 1 aliphatic rings. The quantitative estimate of drug-likeness (QED) is 0.774. The number of benzene rings is 1. The van der Waals surface area contributed by atoms with Crippen LogP contribution in [-0.4, -0.2) is 38.6 Å². The largest absolute Gasteiger partial charge is 0.354 e. The number of aromatic nitrogens is 4. The Balaban J connectivity index is 1.85. The first kappa shape index (κ1) is 14.6. The summed E-state index contributed by atoms with van der Waals surface area (Å²) in [6.07, 6.45) is 1.91. The number of carbonyl (C=O) groups excluding carboxylic acids is 1. The summed E-state index contributed by atoms with van der Waals surface area (Å²) in [6, 6.07) is 12.0.